The summed E-state index contributed by atoms with van der Waals surface area (Å²) in [5.41, 5.74) is 2.28. The fourth-order valence-electron chi connectivity index (χ4n) is 1.04. The maximum absolute atomic E-state index is 5.97. The van der Waals surface area contributed by atoms with Gasteiger partial charge >= 0.3 is 0 Å². The zero-order valence-corrected chi connectivity index (χ0v) is 9.80. The largest absolute Gasteiger partial charge is 0.122 e. The lowest BCUT2D eigenvalue weighted by molar-refractivity contribution is 1.12. The summed E-state index contributed by atoms with van der Waals surface area (Å²) in [4.78, 5) is 0. The van der Waals surface area contributed by atoms with Crippen LogP contribution in [0.1, 0.15) is 18.1 Å². The van der Waals surface area contributed by atoms with Gasteiger partial charge in [0.25, 0.3) is 0 Å². The number of benzene rings is 1. The summed E-state index contributed by atoms with van der Waals surface area (Å²) in [6.45, 7) is 2.09. The monoisotopic (exact) mass is 266 g/mol. The Morgan fingerprint density at radius 3 is 2.58 bits per heavy atom. The Kier molecular flexibility index (Phi) is 3.88. The third-order valence-electron chi connectivity index (χ3n) is 1.70. The van der Waals surface area contributed by atoms with Gasteiger partial charge in [0.2, 0.25) is 0 Å². The van der Waals surface area contributed by atoms with Crippen molar-refractivity contribution >= 4 is 39.1 Å². The summed E-state index contributed by atoms with van der Waals surface area (Å²) < 4.78 is 0.987. The number of halogens is 3. The van der Waals surface area contributed by atoms with Gasteiger partial charge in [-0.1, -0.05) is 24.6 Å². The molecule has 0 saturated carbocycles. The maximum atomic E-state index is 5.97. The minimum Gasteiger partial charge on any atom is -0.122 e. The lowest BCUT2D eigenvalue weighted by atomic mass is 10.1. The predicted molar refractivity (Wildman–Crippen MR) is 58.1 cm³/mol. The minimum absolute atomic E-state index is 0.514. The van der Waals surface area contributed by atoms with E-state index in [1.807, 2.05) is 6.07 Å². The first-order valence-corrected chi connectivity index (χ1v) is 5.42. The van der Waals surface area contributed by atoms with Crippen LogP contribution < -0.4 is 0 Å². The first kappa shape index (κ1) is 10.4. The van der Waals surface area contributed by atoms with Gasteiger partial charge in [0, 0.05) is 10.4 Å². The Bertz CT molecular complexity index is 284. The molecule has 0 amide bonds. The summed E-state index contributed by atoms with van der Waals surface area (Å²) in [5.74, 6) is 0.514. The van der Waals surface area contributed by atoms with Crippen LogP contribution in [0.3, 0.4) is 0 Å². The van der Waals surface area contributed by atoms with Crippen LogP contribution in [-0.4, -0.2) is 0 Å². The van der Waals surface area contributed by atoms with E-state index in [1.165, 1.54) is 5.56 Å². The van der Waals surface area contributed by atoms with E-state index in [0.29, 0.717) is 5.88 Å². The van der Waals surface area contributed by atoms with Crippen molar-refractivity contribution in [1.29, 1.82) is 0 Å². The summed E-state index contributed by atoms with van der Waals surface area (Å²) in [7, 11) is 0. The van der Waals surface area contributed by atoms with Gasteiger partial charge in [0.05, 0.1) is 5.02 Å². The Morgan fingerprint density at radius 1 is 1.42 bits per heavy atom. The fraction of sp³-hybridized carbons (Fsp3) is 0.333. The van der Waals surface area contributed by atoms with Crippen molar-refractivity contribution in [3.05, 3.63) is 32.8 Å². The van der Waals surface area contributed by atoms with E-state index in [0.717, 1.165) is 21.5 Å². The molecule has 1 aromatic carbocycles. The molecule has 0 N–H and O–H groups in total. The van der Waals surface area contributed by atoms with Crippen LogP contribution in [0.4, 0.5) is 0 Å². The highest BCUT2D eigenvalue weighted by molar-refractivity contribution is 9.10. The number of rotatable bonds is 2. The molecule has 0 fully saturated rings. The van der Waals surface area contributed by atoms with Crippen molar-refractivity contribution in [3.8, 4) is 0 Å². The Balaban J connectivity index is 3.19. The number of hydrogen-bond donors (Lipinski definition) is 0. The number of hydrogen-bond acceptors (Lipinski definition) is 0. The molecule has 0 heterocycles. The van der Waals surface area contributed by atoms with Gasteiger partial charge in [0.1, 0.15) is 0 Å². The smallest absolute Gasteiger partial charge is 0.0554 e. The van der Waals surface area contributed by atoms with Gasteiger partial charge in [0.15, 0.2) is 0 Å². The molecule has 1 rings (SSSR count). The van der Waals surface area contributed by atoms with Crippen LogP contribution in [0.15, 0.2) is 16.6 Å². The molecule has 0 atom stereocenters. The normalized spacial score (nSPS) is 10.3. The second-order valence-electron chi connectivity index (χ2n) is 2.54. The minimum atomic E-state index is 0.514. The summed E-state index contributed by atoms with van der Waals surface area (Å²) in [6, 6.07) is 3.96. The Morgan fingerprint density at radius 2 is 2.08 bits per heavy atom. The second kappa shape index (κ2) is 4.50. The molecular formula is C9H9BrCl2. The average Bonchev–Trinajstić information content (AvgIpc) is 2.09. The maximum Gasteiger partial charge on any atom is 0.0554 e. The third-order valence-corrected chi connectivity index (χ3v) is 3.47. The van der Waals surface area contributed by atoms with E-state index in [2.05, 4.69) is 28.9 Å². The van der Waals surface area contributed by atoms with Crippen LogP contribution >= 0.6 is 39.1 Å². The van der Waals surface area contributed by atoms with Crippen molar-refractivity contribution < 1.29 is 0 Å². The number of aryl methyl sites for hydroxylation is 1. The summed E-state index contributed by atoms with van der Waals surface area (Å²) >= 11 is 15.1. The van der Waals surface area contributed by atoms with Gasteiger partial charge in [-0.2, -0.15) is 0 Å². The van der Waals surface area contributed by atoms with Crippen LogP contribution in [0.25, 0.3) is 0 Å². The Hall–Kier alpha value is 0.280. The van der Waals surface area contributed by atoms with Gasteiger partial charge in [-0.05, 0) is 39.5 Å². The Labute approximate surface area is 91.0 Å². The first-order chi connectivity index (χ1) is 5.69. The molecule has 0 aliphatic carbocycles. The van der Waals surface area contributed by atoms with E-state index in [9.17, 15) is 0 Å². The van der Waals surface area contributed by atoms with E-state index < -0.39 is 0 Å². The van der Waals surface area contributed by atoms with E-state index in [-0.39, 0.29) is 0 Å². The molecule has 0 aliphatic rings. The molecule has 1 aromatic rings. The molecule has 0 aromatic heterocycles. The molecule has 0 spiro atoms. The summed E-state index contributed by atoms with van der Waals surface area (Å²) in [6.07, 6.45) is 0.963. The highest BCUT2D eigenvalue weighted by Crippen LogP contribution is 2.28. The van der Waals surface area contributed by atoms with Gasteiger partial charge in [-0.3, -0.25) is 0 Å². The van der Waals surface area contributed by atoms with Gasteiger partial charge < -0.3 is 0 Å². The molecule has 0 nitrogen and oxygen atoms in total. The van der Waals surface area contributed by atoms with Crippen molar-refractivity contribution in [2.45, 2.75) is 19.2 Å². The zero-order valence-electron chi connectivity index (χ0n) is 6.70. The fourth-order valence-corrected chi connectivity index (χ4v) is 1.97. The molecule has 12 heavy (non-hydrogen) atoms. The molecule has 0 radical (unpaired) electrons. The molecule has 0 aliphatic heterocycles. The van der Waals surface area contributed by atoms with Crippen LogP contribution in [0.5, 0.6) is 0 Å². The van der Waals surface area contributed by atoms with Crippen molar-refractivity contribution in [2.75, 3.05) is 0 Å². The van der Waals surface area contributed by atoms with Gasteiger partial charge in [-0.25, -0.2) is 0 Å². The molecule has 0 unspecified atom stereocenters. The van der Waals surface area contributed by atoms with Crippen LogP contribution in [-0.2, 0) is 12.3 Å². The van der Waals surface area contributed by atoms with Crippen molar-refractivity contribution in [3.63, 3.8) is 0 Å². The highest BCUT2D eigenvalue weighted by Gasteiger charge is 2.04. The van der Waals surface area contributed by atoms with Crippen molar-refractivity contribution in [1.82, 2.24) is 0 Å². The SMILES string of the molecule is CCc1cc(CCl)cc(Cl)c1Br. The molecule has 66 valence electrons. The quantitative estimate of drug-likeness (QED) is 0.697. The summed E-state index contributed by atoms with van der Waals surface area (Å²) in [5, 5.41) is 0.741. The van der Waals surface area contributed by atoms with Crippen LogP contribution in [0, 0.1) is 0 Å². The van der Waals surface area contributed by atoms with E-state index in [4.69, 9.17) is 23.2 Å². The molecule has 0 saturated heterocycles. The third kappa shape index (κ3) is 2.15. The first-order valence-electron chi connectivity index (χ1n) is 3.71. The van der Waals surface area contributed by atoms with Gasteiger partial charge in [-0.15, -0.1) is 11.6 Å². The molecule has 3 heteroatoms. The zero-order chi connectivity index (χ0) is 9.14. The highest BCUT2D eigenvalue weighted by atomic mass is 79.9. The van der Waals surface area contributed by atoms with E-state index in [1.54, 1.807) is 0 Å². The lowest BCUT2D eigenvalue weighted by Gasteiger charge is -2.05. The standard InChI is InChI=1S/C9H9BrCl2/c1-2-7-3-6(5-11)4-8(12)9(7)10/h3-4H,2,5H2,1H3. The van der Waals surface area contributed by atoms with Crippen molar-refractivity contribution in [2.24, 2.45) is 0 Å². The van der Waals surface area contributed by atoms with E-state index >= 15 is 0 Å². The predicted octanol–water partition coefficient (Wildman–Crippen LogP) is 4.40. The second-order valence-corrected chi connectivity index (χ2v) is 4.01. The lowest BCUT2D eigenvalue weighted by Crippen LogP contribution is -1.87. The van der Waals surface area contributed by atoms with Crippen LogP contribution in [0.2, 0.25) is 5.02 Å². The average molecular weight is 268 g/mol. The molecule has 0 bridgehead atoms. The number of alkyl halides is 1. The topological polar surface area (TPSA) is 0 Å². The molecular weight excluding hydrogens is 259 g/mol.